The quantitative estimate of drug-likeness (QED) is 0.869. The monoisotopic (exact) mass is 274 g/mol. The highest BCUT2D eigenvalue weighted by Gasteiger charge is 2.17. The molecule has 1 aromatic heterocycles. The third-order valence-electron chi connectivity index (χ3n) is 2.69. The van der Waals surface area contributed by atoms with Gasteiger partial charge in [0.1, 0.15) is 5.76 Å². The predicted molar refractivity (Wildman–Crippen MR) is 71.7 cm³/mol. The van der Waals surface area contributed by atoms with Gasteiger partial charge in [-0.1, -0.05) is 16.8 Å². The van der Waals surface area contributed by atoms with Gasteiger partial charge in [-0.2, -0.15) is 0 Å². The fourth-order valence-electron chi connectivity index (χ4n) is 1.71. The molecule has 0 spiro atoms. The van der Waals surface area contributed by atoms with Gasteiger partial charge in [0.15, 0.2) is 5.69 Å². The number of hydrogen-bond acceptors (Lipinski definition) is 5. The lowest BCUT2D eigenvalue weighted by Gasteiger charge is -2.09. The number of nitrogens with zero attached hydrogens (tertiary/aromatic N) is 1. The number of nitrogens with one attached hydrogen (secondary N) is 1. The second-order valence-electron chi connectivity index (χ2n) is 4.32. The molecule has 0 aliphatic carbocycles. The van der Waals surface area contributed by atoms with E-state index in [9.17, 15) is 9.59 Å². The third-order valence-corrected chi connectivity index (χ3v) is 2.69. The van der Waals surface area contributed by atoms with E-state index in [4.69, 9.17) is 9.26 Å². The average molecular weight is 274 g/mol. The summed E-state index contributed by atoms with van der Waals surface area (Å²) in [5.74, 6) is -0.427. The van der Waals surface area contributed by atoms with Crippen LogP contribution in [0.5, 0.6) is 0 Å². The van der Waals surface area contributed by atoms with E-state index in [1.165, 1.54) is 13.2 Å². The number of hydrogen-bond donors (Lipinski definition) is 1. The Morgan fingerprint density at radius 3 is 2.60 bits per heavy atom. The topological polar surface area (TPSA) is 81.4 Å². The van der Waals surface area contributed by atoms with E-state index in [1.54, 1.807) is 25.1 Å². The molecule has 1 amide bonds. The van der Waals surface area contributed by atoms with Crippen LogP contribution in [0.15, 0.2) is 28.8 Å². The smallest absolute Gasteiger partial charge is 0.339 e. The number of anilines is 1. The first-order valence-electron chi connectivity index (χ1n) is 5.95. The van der Waals surface area contributed by atoms with Crippen molar-refractivity contribution in [3.05, 3.63) is 46.8 Å². The van der Waals surface area contributed by atoms with Crippen LogP contribution in [-0.2, 0) is 4.74 Å². The Morgan fingerprint density at radius 1 is 1.25 bits per heavy atom. The lowest BCUT2D eigenvalue weighted by molar-refractivity contribution is 0.0602. The van der Waals surface area contributed by atoms with Crippen LogP contribution in [0.1, 0.15) is 32.2 Å². The van der Waals surface area contributed by atoms with Crippen LogP contribution < -0.4 is 5.32 Å². The largest absolute Gasteiger partial charge is 0.465 e. The molecule has 0 bridgehead atoms. The number of rotatable bonds is 3. The fraction of sp³-hybridized carbons (Fsp3) is 0.214. The van der Waals surface area contributed by atoms with Crippen LogP contribution in [-0.4, -0.2) is 24.1 Å². The van der Waals surface area contributed by atoms with Gasteiger partial charge in [-0.25, -0.2) is 4.79 Å². The summed E-state index contributed by atoms with van der Waals surface area (Å²) in [7, 11) is 1.29. The first-order valence-corrected chi connectivity index (χ1v) is 5.95. The van der Waals surface area contributed by atoms with Crippen molar-refractivity contribution in [2.75, 3.05) is 12.4 Å². The fourth-order valence-corrected chi connectivity index (χ4v) is 1.71. The highest BCUT2D eigenvalue weighted by atomic mass is 16.5. The molecule has 2 rings (SSSR count). The lowest BCUT2D eigenvalue weighted by Crippen LogP contribution is -2.15. The van der Waals surface area contributed by atoms with Gasteiger partial charge in [0, 0.05) is 6.07 Å². The summed E-state index contributed by atoms with van der Waals surface area (Å²) in [5.41, 5.74) is 1.70. The molecule has 0 unspecified atom stereocenters. The maximum absolute atomic E-state index is 12.0. The Bertz CT molecular complexity index is 661. The number of methoxy groups -OCH3 is 1. The van der Waals surface area contributed by atoms with Crippen LogP contribution in [0.25, 0.3) is 0 Å². The van der Waals surface area contributed by atoms with Crippen molar-refractivity contribution < 1.29 is 18.8 Å². The van der Waals surface area contributed by atoms with Gasteiger partial charge < -0.3 is 14.6 Å². The summed E-state index contributed by atoms with van der Waals surface area (Å²) in [4.78, 5) is 23.7. The Kier molecular flexibility index (Phi) is 3.84. The summed E-state index contributed by atoms with van der Waals surface area (Å²) in [6.45, 7) is 3.54. The molecule has 0 saturated heterocycles. The van der Waals surface area contributed by atoms with Crippen LogP contribution in [0.2, 0.25) is 0 Å². The Balaban J connectivity index is 2.29. The molecule has 0 fully saturated rings. The molecule has 6 heteroatoms. The van der Waals surface area contributed by atoms with E-state index in [0.717, 1.165) is 5.56 Å². The van der Waals surface area contributed by atoms with Gasteiger partial charge in [-0.15, -0.1) is 0 Å². The molecule has 0 aliphatic rings. The molecule has 6 nitrogen and oxygen atoms in total. The van der Waals surface area contributed by atoms with E-state index in [-0.39, 0.29) is 5.69 Å². The number of aromatic nitrogens is 1. The molecular weight excluding hydrogens is 260 g/mol. The van der Waals surface area contributed by atoms with E-state index in [1.807, 2.05) is 6.92 Å². The van der Waals surface area contributed by atoms with Gasteiger partial charge in [0.2, 0.25) is 0 Å². The number of carbonyl (C=O) groups excluding carboxylic acids is 2. The van der Waals surface area contributed by atoms with Gasteiger partial charge in [0.05, 0.1) is 18.4 Å². The number of amides is 1. The molecule has 1 heterocycles. The molecule has 1 N–H and O–H groups in total. The molecule has 2 aromatic rings. The molecule has 0 aliphatic heterocycles. The van der Waals surface area contributed by atoms with Crippen molar-refractivity contribution in [2.24, 2.45) is 0 Å². The molecule has 0 saturated carbocycles. The van der Waals surface area contributed by atoms with Gasteiger partial charge >= 0.3 is 5.97 Å². The first-order chi connectivity index (χ1) is 9.51. The van der Waals surface area contributed by atoms with Crippen molar-refractivity contribution in [2.45, 2.75) is 13.8 Å². The molecule has 104 valence electrons. The Labute approximate surface area is 115 Å². The lowest BCUT2D eigenvalue weighted by atomic mass is 10.1. The second-order valence-corrected chi connectivity index (χ2v) is 4.32. The minimum atomic E-state index is -0.514. The molecular formula is C14H14N2O4. The average Bonchev–Trinajstić information content (AvgIpc) is 2.86. The molecule has 0 atom stereocenters. The van der Waals surface area contributed by atoms with Gasteiger partial charge in [-0.05, 0) is 26.0 Å². The summed E-state index contributed by atoms with van der Waals surface area (Å²) in [6.07, 6.45) is 0. The van der Waals surface area contributed by atoms with E-state index < -0.39 is 11.9 Å². The summed E-state index contributed by atoms with van der Waals surface area (Å²) in [6, 6.07) is 6.60. The summed E-state index contributed by atoms with van der Waals surface area (Å²) < 4.78 is 9.54. The number of benzene rings is 1. The van der Waals surface area contributed by atoms with Crippen LogP contribution >= 0.6 is 0 Å². The normalized spacial score (nSPS) is 10.2. The van der Waals surface area contributed by atoms with Crippen molar-refractivity contribution in [1.29, 1.82) is 0 Å². The molecule has 0 radical (unpaired) electrons. The maximum Gasteiger partial charge on any atom is 0.339 e. The minimum Gasteiger partial charge on any atom is -0.465 e. The number of esters is 1. The highest BCUT2D eigenvalue weighted by molar-refractivity contribution is 6.07. The van der Waals surface area contributed by atoms with E-state index in [2.05, 4.69) is 10.5 Å². The zero-order chi connectivity index (χ0) is 14.7. The van der Waals surface area contributed by atoms with Gasteiger partial charge in [0.25, 0.3) is 5.91 Å². The third kappa shape index (κ3) is 2.85. The highest BCUT2D eigenvalue weighted by Crippen LogP contribution is 2.19. The van der Waals surface area contributed by atoms with Crippen molar-refractivity contribution in [3.8, 4) is 0 Å². The summed E-state index contributed by atoms with van der Waals surface area (Å²) >= 11 is 0. The number of carbonyl (C=O) groups is 2. The predicted octanol–water partition coefficient (Wildman–Crippen LogP) is 2.33. The molecule has 20 heavy (non-hydrogen) atoms. The van der Waals surface area contributed by atoms with Crippen molar-refractivity contribution in [1.82, 2.24) is 5.16 Å². The Hall–Kier alpha value is -2.63. The van der Waals surface area contributed by atoms with E-state index >= 15 is 0 Å². The second kappa shape index (κ2) is 5.56. The molecule has 1 aromatic carbocycles. The SMILES string of the molecule is COC(=O)c1cc(C)ccc1NC(=O)c1cc(C)on1. The minimum absolute atomic E-state index is 0.152. The number of aryl methyl sites for hydroxylation is 2. The first kappa shape index (κ1) is 13.8. The van der Waals surface area contributed by atoms with Crippen molar-refractivity contribution >= 4 is 17.6 Å². The van der Waals surface area contributed by atoms with E-state index in [0.29, 0.717) is 17.0 Å². The maximum atomic E-state index is 12.0. The van der Waals surface area contributed by atoms with Crippen LogP contribution in [0, 0.1) is 13.8 Å². The summed E-state index contributed by atoms with van der Waals surface area (Å²) in [5, 5.41) is 6.24. The number of ether oxygens (including phenoxy) is 1. The van der Waals surface area contributed by atoms with Crippen molar-refractivity contribution in [3.63, 3.8) is 0 Å². The van der Waals surface area contributed by atoms with Gasteiger partial charge in [-0.3, -0.25) is 4.79 Å². The van der Waals surface area contributed by atoms with Crippen LogP contribution in [0.3, 0.4) is 0 Å². The Morgan fingerprint density at radius 2 is 2.00 bits per heavy atom. The standard InChI is InChI=1S/C14H14N2O4/c1-8-4-5-11(10(6-8)14(18)19-3)15-13(17)12-7-9(2)20-16-12/h4-7H,1-3H3,(H,15,17). The zero-order valence-corrected chi connectivity index (χ0v) is 11.4. The zero-order valence-electron chi connectivity index (χ0n) is 11.4. The van der Waals surface area contributed by atoms with Crippen LogP contribution in [0.4, 0.5) is 5.69 Å².